The quantitative estimate of drug-likeness (QED) is 0.493. The summed E-state index contributed by atoms with van der Waals surface area (Å²) in [5.41, 5.74) is 1.33. The number of aryl methyl sites for hydroxylation is 1. The zero-order valence-corrected chi connectivity index (χ0v) is 10.5. The maximum atomic E-state index is 11.1. The number of Topliss-reactive ketones (excluding diaryl/α,β-unsaturated/α-hetero) is 1. The fraction of sp³-hybridized carbons (Fsp3) is 0.615. The van der Waals surface area contributed by atoms with Gasteiger partial charge in [-0.2, -0.15) is 0 Å². The third kappa shape index (κ3) is 4.61. The first kappa shape index (κ1) is 12.4. The van der Waals surface area contributed by atoms with Gasteiger partial charge in [0.2, 0.25) is 0 Å². The second kappa shape index (κ2) is 6.78. The molecule has 0 aliphatic rings. The monoisotopic (exact) mass is 224 g/mol. The van der Waals surface area contributed by atoms with E-state index >= 15 is 0 Å². The number of rotatable bonds is 7. The first-order valence-corrected chi connectivity index (χ1v) is 6.70. The van der Waals surface area contributed by atoms with E-state index in [0.29, 0.717) is 0 Å². The Balaban J connectivity index is 2.23. The van der Waals surface area contributed by atoms with Gasteiger partial charge in [-0.25, -0.2) is 0 Å². The van der Waals surface area contributed by atoms with Gasteiger partial charge in [0.15, 0.2) is 5.78 Å². The molecule has 0 aliphatic carbocycles. The summed E-state index contributed by atoms with van der Waals surface area (Å²) in [5, 5.41) is 2.12. The number of hydrogen-bond donors (Lipinski definition) is 0. The molecule has 84 valence electrons. The molecule has 0 amide bonds. The van der Waals surface area contributed by atoms with Gasteiger partial charge >= 0.3 is 0 Å². The van der Waals surface area contributed by atoms with Crippen molar-refractivity contribution >= 4 is 17.1 Å². The molecule has 1 heterocycles. The van der Waals surface area contributed by atoms with Crippen LogP contribution in [0.2, 0.25) is 0 Å². The van der Waals surface area contributed by atoms with Crippen LogP contribution in [-0.2, 0) is 6.42 Å². The Kier molecular flexibility index (Phi) is 5.62. The van der Waals surface area contributed by atoms with Crippen LogP contribution in [0.1, 0.15) is 61.2 Å². The molecule has 15 heavy (non-hydrogen) atoms. The van der Waals surface area contributed by atoms with E-state index in [-0.39, 0.29) is 5.78 Å². The summed E-state index contributed by atoms with van der Waals surface area (Å²) in [7, 11) is 0. The summed E-state index contributed by atoms with van der Waals surface area (Å²) in [5.74, 6) is 0.192. The topological polar surface area (TPSA) is 17.1 Å². The van der Waals surface area contributed by atoms with Gasteiger partial charge < -0.3 is 0 Å². The van der Waals surface area contributed by atoms with E-state index in [4.69, 9.17) is 0 Å². The summed E-state index contributed by atoms with van der Waals surface area (Å²) in [6.45, 7) is 3.87. The van der Waals surface area contributed by atoms with Crippen molar-refractivity contribution in [2.75, 3.05) is 0 Å². The van der Waals surface area contributed by atoms with E-state index in [1.54, 1.807) is 18.3 Å². The smallest absolute Gasteiger partial charge is 0.169 e. The van der Waals surface area contributed by atoms with Crippen LogP contribution in [-0.4, -0.2) is 5.78 Å². The minimum atomic E-state index is 0.192. The van der Waals surface area contributed by atoms with Gasteiger partial charge in [0.05, 0.1) is 4.88 Å². The van der Waals surface area contributed by atoms with E-state index in [1.807, 2.05) is 6.07 Å². The molecular formula is C13H20OS. The van der Waals surface area contributed by atoms with Gasteiger partial charge in [-0.05, 0) is 36.8 Å². The van der Waals surface area contributed by atoms with Crippen molar-refractivity contribution < 1.29 is 4.79 Å². The van der Waals surface area contributed by atoms with E-state index in [2.05, 4.69) is 12.3 Å². The highest BCUT2D eigenvalue weighted by Crippen LogP contribution is 2.17. The molecule has 2 heteroatoms. The van der Waals surface area contributed by atoms with Crippen molar-refractivity contribution in [3.05, 3.63) is 21.9 Å². The lowest BCUT2D eigenvalue weighted by atomic mass is 10.1. The highest BCUT2D eigenvalue weighted by Gasteiger charge is 2.03. The predicted octanol–water partition coefficient (Wildman–Crippen LogP) is 4.46. The van der Waals surface area contributed by atoms with E-state index < -0.39 is 0 Å². The molecule has 0 bridgehead atoms. The Morgan fingerprint density at radius 1 is 1.27 bits per heavy atom. The highest BCUT2D eigenvalue weighted by molar-refractivity contribution is 7.12. The Hall–Kier alpha value is -0.630. The number of unbranched alkanes of at least 4 members (excludes halogenated alkanes) is 4. The van der Waals surface area contributed by atoms with Crippen molar-refractivity contribution in [3.8, 4) is 0 Å². The van der Waals surface area contributed by atoms with E-state index in [0.717, 1.165) is 11.3 Å². The lowest BCUT2D eigenvalue weighted by Gasteiger charge is -1.98. The highest BCUT2D eigenvalue weighted by atomic mass is 32.1. The van der Waals surface area contributed by atoms with Crippen LogP contribution in [0, 0.1) is 0 Å². The average molecular weight is 224 g/mol. The number of thiophene rings is 1. The van der Waals surface area contributed by atoms with Crippen LogP contribution in [0.5, 0.6) is 0 Å². The van der Waals surface area contributed by atoms with Crippen molar-refractivity contribution in [2.45, 2.75) is 52.4 Å². The largest absolute Gasteiger partial charge is 0.294 e. The summed E-state index contributed by atoms with van der Waals surface area (Å²) in [6, 6.07) is 2.05. The summed E-state index contributed by atoms with van der Waals surface area (Å²) in [4.78, 5) is 12.0. The Morgan fingerprint density at radius 3 is 2.60 bits per heavy atom. The fourth-order valence-electron chi connectivity index (χ4n) is 1.62. The Morgan fingerprint density at radius 2 is 2.00 bits per heavy atom. The normalized spacial score (nSPS) is 10.5. The Labute approximate surface area is 96.5 Å². The van der Waals surface area contributed by atoms with Crippen molar-refractivity contribution in [2.24, 2.45) is 0 Å². The van der Waals surface area contributed by atoms with Crippen LogP contribution in [0.15, 0.2) is 11.4 Å². The van der Waals surface area contributed by atoms with Crippen LogP contribution in [0.4, 0.5) is 0 Å². The van der Waals surface area contributed by atoms with Crippen LogP contribution in [0.25, 0.3) is 0 Å². The van der Waals surface area contributed by atoms with Gasteiger partial charge in [-0.3, -0.25) is 4.79 Å². The maximum Gasteiger partial charge on any atom is 0.169 e. The van der Waals surface area contributed by atoms with Gasteiger partial charge in [-0.15, -0.1) is 11.3 Å². The molecule has 0 N–H and O–H groups in total. The predicted molar refractivity (Wildman–Crippen MR) is 66.8 cm³/mol. The molecular weight excluding hydrogens is 204 g/mol. The third-order valence-electron chi connectivity index (χ3n) is 2.57. The molecule has 0 saturated heterocycles. The van der Waals surface area contributed by atoms with Gasteiger partial charge in [-0.1, -0.05) is 32.6 Å². The van der Waals surface area contributed by atoms with E-state index in [1.165, 1.54) is 37.7 Å². The average Bonchev–Trinajstić information content (AvgIpc) is 2.66. The molecule has 0 saturated carbocycles. The molecule has 0 spiro atoms. The molecule has 0 aromatic carbocycles. The fourth-order valence-corrected chi connectivity index (χ4v) is 2.47. The van der Waals surface area contributed by atoms with E-state index in [9.17, 15) is 4.79 Å². The first-order chi connectivity index (χ1) is 7.24. The second-order valence-corrected chi connectivity index (χ2v) is 4.95. The van der Waals surface area contributed by atoms with Gasteiger partial charge in [0.1, 0.15) is 0 Å². The number of ketones is 1. The van der Waals surface area contributed by atoms with Crippen molar-refractivity contribution in [1.29, 1.82) is 0 Å². The number of carbonyl (C=O) groups excluding carboxylic acids is 1. The molecule has 1 rings (SSSR count). The molecule has 1 aromatic rings. The molecule has 0 aliphatic heterocycles. The van der Waals surface area contributed by atoms with Crippen molar-refractivity contribution in [1.82, 2.24) is 0 Å². The molecule has 1 aromatic heterocycles. The summed E-state index contributed by atoms with van der Waals surface area (Å²) in [6.07, 6.45) is 7.70. The Bertz CT molecular complexity index is 301. The summed E-state index contributed by atoms with van der Waals surface area (Å²) >= 11 is 1.58. The molecule has 0 atom stereocenters. The zero-order chi connectivity index (χ0) is 11.1. The van der Waals surface area contributed by atoms with Crippen molar-refractivity contribution in [3.63, 3.8) is 0 Å². The van der Waals surface area contributed by atoms with Crippen LogP contribution in [0.3, 0.4) is 0 Å². The van der Waals surface area contributed by atoms with Gasteiger partial charge in [0.25, 0.3) is 0 Å². The standard InChI is InChI=1S/C13H20OS/c1-3-4-5-6-7-8-12-9-13(11(2)14)15-10-12/h9-10H,3-8H2,1-2H3. The lowest BCUT2D eigenvalue weighted by molar-refractivity contribution is 0.102. The van der Waals surface area contributed by atoms with Crippen LogP contribution >= 0.6 is 11.3 Å². The summed E-state index contributed by atoms with van der Waals surface area (Å²) < 4.78 is 0. The number of carbonyl (C=O) groups is 1. The first-order valence-electron chi connectivity index (χ1n) is 5.82. The zero-order valence-electron chi connectivity index (χ0n) is 9.71. The number of hydrogen-bond acceptors (Lipinski definition) is 2. The molecule has 0 radical (unpaired) electrons. The minimum Gasteiger partial charge on any atom is -0.294 e. The maximum absolute atomic E-state index is 11.1. The SMILES string of the molecule is CCCCCCCc1csc(C(C)=O)c1. The van der Waals surface area contributed by atoms with Crippen LogP contribution < -0.4 is 0 Å². The molecule has 0 fully saturated rings. The lowest BCUT2D eigenvalue weighted by Crippen LogP contribution is -1.86. The third-order valence-corrected chi connectivity index (χ3v) is 3.65. The van der Waals surface area contributed by atoms with Gasteiger partial charge in [0, 0.05) is 0 Å². The molecule has 0 unspecified atom stereocenters. The molecule has 1 nitrogen and oxygen atoms in total. The second-order valence-electron chi connectivity index (χ2n) is 4.04. The minimum absolute atomic E-state index is 0.192.